The Balaban J connectivity index is 1.24. The van der Waals surface area contributed by atoms with Crippen molar-refractivity contribution in [3.05, 3.63) is 12.2 Å². The van der Waals surface area contributed by atoms with E-state index in [1.807, 2.05) is 0 Å². The molecule has 28 heavy (non-hydrogen) atoms. The largest absolute Gasteiger partial charge is 0.355 e. The number of piperidine rings is 1. The fourth-order valence-corrected chi connectivity index (χ4v) is 5.61. The number of imide groups is 1. The van der Waals surface area contributed by atoms with Crippen molar-refractivity contribution >= 4 is 17.8 Å². The molecule has 3 fully saturated rings. The number of carbonyl (C=O) groups is 2. The molecule has 2 aliphatic heterocycles. The van der Waals surface area contributed by atoms with Crippen LogP contribution in [0.1, 0.15) is 32.6 Å². The Morgan fingerprint density at radius 3 is 2.50 bits per heavy atom. The molecule has 0 aromatic rings. The lowest BCUT2D eigenvalue weighted by Crippen LogP contribution is -2.50. The number of hydrogen-bond acceptors (Lipinski definition) is 4. The lowest BCUT2D eigenvalue weighted by molar-refractivity contribution is -0.140. The van der Waals surface area contributed by atoms with E-state index in [0.717, 1.165) is 25.5 Å². The summed E-state index contributed by atoms with van der Waals surface area (Å²) in [7, 11) is 1.76. The molecule has 2 bridgehead atoms. The van der Waals surface area contributed by atoms with Crippen LogP contribution >= 0.6 is 0 Å². The van der Waals surface area contributed by atoms with E-state index in [-0.39, 0.29) is 35.5 Å². The monoisotopic (exact) mass is 387 g/mol. The van der Waals surface area contributed by atoms with Gasteiger partial charge in [0.05, 0.1) is 11.8 Å². The lowest BCUT2D eigenvalue weighted by Gasteiger charge is -2.35. The Morgan fingerprint density at radius 1 is 1.14 bits per heavy atom. The first-order chi connectivity index (χ1) is 13.6. The Hall–Kier alpha value is -1.89. The molecule has 0 aromatic carbocycles. The summed E-state index contributed by atoms with van der Waals surface area (Å²) in [5.41, 5.74) is 0. The van der Waals surface area contributed by atoms with Crippen molar-refractivity contribution < 1.29 is 9.59 Å². The molecule has 0 radical (unpaired) electrons. The molecule has 7 heteroatoms. The maximum atomic E-state index is 12.7. The van der Waals surface area contributed by atoms with Gasteiger partial charge in [0.1, 0.15) is 0 Å². The first-order valence-electron chi connectivity index (χ1n) is 10.9. The van der Waals surface area contributed by atoms with Crippen LogP contribution in [0.4, 0.5) is 0 Å². The maximum absolute atomic E-state index is 12.7. The summed E-state index contributed by atoms with van der Waals surface area (Å²) >= 11 is 0. The zero-order valence-electron chi connectivity index (χ0n) is 17.1. The number of allylic oxidation sites excluding steroid dienone is 2. The van der Waals surface area contributed by atoms with Gasteiger partial charge in [-0.2, -0.15) is 0 Å². The van der Waals surface area contributed by atoms with Crippen molar-refractivity contribution in [3.8, 4) is 0 Å². The second-order valence-electron chi connectivity index (χ2n) is 8.49. The number of nitrogens with zero attached hydrogens (tertiary/aromatic N) is 3. The number of amides is 2. The van der Waals surface area contributed by atoms with Crippen LogP contribution in [0.2, 0.25) is 0 Å². The van der Waals surface area contributed by atoms with Crippen LogP contribution < -0.4 is 10.6 Å². The SMILES string of the molecule is CCN1CCCCC1CNC(=NC)NCCN1C(=O)C2C3C=CC(C3)C2C1=O. The molecule has 4 rings (SSSR count). The van der Waals surface area contributed by atoms with Gasteiger partial charge in [0.2, 0.25) is 11.8 Å². The molecule has 4 aliphatic rings. The molecule has 5 atom stereocenters. The van der Waals surface area contributed by atoms with Crippen molar-refractivity contribution in [1.82, 2.24) is 20.4 Å². The third-order valence-electron chi connectivity index (χ3n) is 7.07. The van der Waals surface area contributed by atoms with Crippen LogP contribution in [0.3, 0.4) is 0 Å². The molecule has 154 valence electrons. The Bertz CT molecular complexity index is 646. The standard InChI is InChI=1S/C21H33N5O2/c1-3-25-10-5-4-6-16(25)13-24-21(22-2)23-9-11-26-19(27)17-14-7-8-15(12-14)18(17)20(26)28/h7-8,14-18H,3-6,9-13H2,1-2H3,(H2,22,23,24). The van der Waals surface area contributed by atoms with E-state index >= 15 is 0 Å². The maximum Gasteiger partial charge on any atom is 0.233 e. The molecule has 2 heterocycles. The molecule has 2 amide bonds. The average molecular weight is 388 g/mol. The van der Waals surface area contributed by atoms with Crippen molar-refractivity contribution in [2.24, 2.45) is 28.7 Å². The van der Waals surface area contributed by atoms with Crippen LogP contribution in [0.5, 0.6) is 0 Å². The van der Waals surface area contributed by atoms with Crippen LogP contribution in [0.25, 0.3) is 0 Å². The fourth-order valence-electron chi connectivity index (χ4n) is 5.61. The predicted molar refractivity (Wildman–Crippen MR) is 109 cm³/mol. The zero-order valence-corrected chi connectivity index (χ0v) is 17.1. The summed E-state index contributed by atoms with van der Waals surface area (Å²) in [6.07, 6.45) is 9.03. The summed E-state index contributed by atoms with van der Waals surface area (Å²) in [5, 5.41) is 6.69. The number of nitrogens with one attached hydrogen (secondary N) is 2. The van der Waals surface area contributed by atoms with Gasteiger partial charge < -0.3 is 10.6 Å². The second kappa shape index (κ2) is 8.23. The molecule has 1 saturated carbocycles. The molecule has 2 aliphatic carbocycles. The van der Waals surface area contributed by atoms with Gasteiger partial charge in [-0.3, -0.25) is 24.4 Å². The number of hydrogen-bond donors (Lipinski definition) is 2. The first-order valence-corrected chi connectivity index (χ1v) is 10.9. The smallest absolute Gasteiger partial charge is 0.233 e. The van der Waals surface area contributed by atoms with Crippen molar-refractivity contribution in [2.75, 3.05) is 39.8 Å². The van der Waals surface area contributed by atoms with Crippen LogP contribution in [0.15, 0.2) is 17.1 Å². The number of guanidine groups is 1. The molecule has 5 unspecified atom stereocenters. The van der Waals surface area contributed by atoms with Crippen LogP contribution in [-0.4, -0.2) is 73.4 Å². The predicted octanol–water partition coefficient (Wildman–Crippen LogP) is 0.833. The van der Waals surface area contributed by atoms with E-state index in [1.165, 1.54) is 30.7 Å². The number of carbonyl (C=O) groups excluding carboxylic acids is 2. The third kappa shape index (κ3) is 3.45. The Kier molecular flexibility index (Phi) is 5.71. The highest BCUT2D eigenvalue weighted by atomic mass is 16.2. The minimum Gasteiger partial charge on any atom is -0.355 e. The normalized spacial score (nSPS) is 35.0. The molecule has 2 N–H and O–H groups in total. The summed E-state index contributed by atoms with van der Waals surface area (Å²) in [6.45, 7) is 6.28. The van der Waals surface area contributed by atoms with Gasteiger partial charge in [-0.15, -0.1) is 0 Å². The Morgan fingerprint density at radius 2 is 1.86 bits per heavy atom. The van der Waals surface area contributed by atoms with E-state index in [4.69, 9.17) is 0 Å². The summed E-state index contributed by atoms with van der Waals surface area (Å²) in [6, 6.07) is 0.543. The topological polar surface area (TPSA) is 77.0 Å². The third-order valence-corrected chi connectivity index (χ3v) is 7.07. The molecule has 0 spiro atoms. The minimum absolute atomic E-state index is 0.0254. The van der Waals surface area contributed by atoms with Crippen molar-refractivity contribution in [1.29, 1.82) is 0 Å². The molecule has 2 saturated heterocycles. The van der Waals surface area contributed by atoms with Gasteiger partial charge in [-0.05, 0) is 44.2 Å². The lowest BCUT2D eigenvalue weighted by atomic mass is 9.85. The second-order valence-corrected chi connectivity index (χ2v) is 8.49. The number of rotatable bonds is 6. The summed E-state index contributed by atoms with van der Waals surface area (Å²) in [4.78, 5) is 33.7. The average Bonchev–Trinajstić information content (AvgIpc) is 3.40. The number of aliphatic imine (C=N–C) groups is 1. The van der Waals surface area contributed by atoms with E-state index < -0.39 is 0 Å². The fraction of sp³-hybridized carbons (Fsp3) is 0.762. The number of fused-ring (bicyclic) bond motifs is 5. The quantitative estimate of drug-likeness (QED) is 0.306. The zero-order chi connectivity index (χ0) is 19.7. The van der Waals surface area contributed by atoms with Gasteiger partial charge in [-0.1, -0.05) is 25.5 Å². The Labute approximate surface area is 167 Å². The van der Waals surface area contributed by atoms with Gasteiger partial charge in [0, 0.05) is 32.7 Å². The van der Waals surface area contributed by atoms with E-state index in [2.05, 4.69) is 39.6 Å². The van der Waals surface area contributed by atoms with E-state index in [0.29, 0.717) is 19.1 Å². The van der Waals surface area contributed by atoms with Crippen LogP contribution in [0, 0.1) is 23.7 Å². The van der Waals surface area contributed by atoms with Gasteiger partial charge in [0.15, 0.2) is 5.96 Å². The van der Waals surface area contributed by atoms with Crippen molar-refractivity contribution in [3.63, 3.8) is 0 Å². The number of likely N-dealkylation sites (N-methyl/N-ethyl adjacent to an activating group) is 1. The van der Waals surface area contributed by atoms with Gasteiger partial charge in [-0.25, -0.2) is 0 Å². The molecular formula is C21H33N5O2. The van der Waals surface area contributed by atoms with E-state index in [1.54, 1.807) is 7.05 Å². The van der Waals surface area contributed by atoms with E-state index in [9.17, 15) is 9.59 Å². The highest BCUT2D eigenvalue weighted by molar-refractivity contribution is 6.06. The number of likely N-dealkylation sites (tertiary alicyclic amines) is 2. The highest BCUT2D eigenvalue weighted by Crippen LogP contribution is 2.52. The summed E-state index contributed by atoms with van der Waals surface area (Å²) < 4.78 is 0. The first kappa shape index (κ1) is 19.4. The molecule has 7 nitrogen and oxygen atoms in total. The van der Waals surface area contributed by atoms with Crippen molar-refractivity contribution in [2.45, 2.75) is 38.6 Å². The molecular weight excluding hydrogens is 354 g/mol. The molecule has 0 aromatic heterocycles. The van der Waals surface area contributed by atoms with Gasteiger partial charge in [0.25, 0.3) is 0 Å². The minimum atomic E-state index is -0.105. The van der Waals surface area contributed by atoms with Crippen LogP contribution in [-0.2, 0) is 9.59 Å². The highest BCUT2D eigenvalue weighted by Gasteiger charge is 2.58. The summed E-state index contributed by atoms with van der Waals surface area (Å²) in [5.74, 6) is 1.13. The van der Waals surface area contributed by atoms with Gasteiger partial charge >= 0.3 is 0 Å².